The van der Waals surface area contributed by atoms with Gasteiger partial charge in [0.05, 0.1) is 0 Å². The molecule has 0 atom stereocenters. The van der Waals surface area contributed by atoms with Gasteiger partial charge in [-0.2, -0.15) is 0 Å². The lowest BCUT2D eigenvalue weighted by atomic mass is 10.1. The molecule has 1 aromatic rings. The molecule has 0 spiro atoms. The summed E-state index contributed by atoms with van der Waals surface area (Å²) in [4.78, 5) is 2.34. The summed E-state index contributed by atoms with van der Waals surface area (Å²) in [7, 11) is 2.15. The third-order valence-electron chi connectivity index (χ3n) is 3.52. The van der Waals surface area contributed by atoms with E-state index in [-0.39, 0.29) is 5.41 Å². The third kappa shape index (κ3) is 3.06. The number of rotatable bonds is 6. The Labute approximate surface area is 97.9 Å². The number of benzene rings is 1. The van der Waals surface area contributed by atoms with E-state index in [1.807, 2.05) is 0 Å². The summed E-state index contributed by atoms with van der Waals surface area (Å²) in [5, 5.41) is 9.26. The Morgan fingerprint density at radius 2 is 1.94 bits per heavy atom. The molecule has 0 bridgehead atoms. The van der Waals surface area contributed by atoms with Gasteiger partial charge in [-0.3, -0.25) is 0 Å². The van der Waals surface area contributed by atoms with Gasteiger partial charge < -0.3 is 10.0 Å². The Morgan fingerprint density at radius 1 is 1.25 bits per heavy atom. The first-order valence-corrected chi connectivity index (χ1v) is 6.07. The fourth-order valence-electron chi connectivity index (χ4n) is 2.16. The molecule has 2 nitrogen and oxygen atoms in total. The second-order valence-corrected chi connectivity index (χ2v) is 5.13. The second kappa shape index (κ2) is 4.98. The summed E-state index contributed by atoms with van der Waals surface area (Å²) in [5.41, 5.74) is 1.63. The van der Waals surface area contributed by atoms with Crippen LogP contribution in [0.1, 0.15) is 18.4 Å². The van der Waals surface area contributed by atoms with E-state index in [1.165, 1.54) is 18.4 Å². The van der Waals surface area contributed by atoms with Crippen molar-refractivity contribution < 1.29 is 5.11 Å². The van der Waals surface area contributed by atoms with Crippen LogP contribution < -0.4 is 0 Å². The van der Waals surface area contributed by atoms with E-state index in [0.717, 1.165) is 19.5 Å². The van der Waals surface area contributed by atoms with Crippen molar-refractivity contribution in [2.75, 3.05) is 26.7 Å². The Hall–Kier alpha value is -0.860. The average Bonchev–Trinajstić information content (AvgIpc) is 3.08. The summed E-state index contributed by atoms with van der Waals surface area (Å²) in [6.07, 6.45) is 3.48. The first-order chi connectivity index (χ1) is 7.74. The molecule has 0 saturated heterocycles. The van der Waals surface area contributed by atoms with Gasteiger partial charge in [0, 0.05) is 25.1 Å². The van der Waals surface area contributed by atoms with Crippen LogP contribution >= 0.6 is 0 Å². The fourth-order valence-corrected chi connectivity index (χ4v) is 2.16. The molecule has 2 rings (SSSR count). The fraction of sp³-hybridized carbons (Fsp3) is 0.571. The lowest BCUT2D eigenvalue weighted by Gasteiger charge is -2.22. The molecule has 1 fully saturated rings. The van der Waals surface area contributed by atoms with Crippen LogP contribution in [0, 0.1) is 5.41 Å². The summed E-state index contributed by atoms with van der Waals surface area (Å²) in [6.45, 7) is 2.46. The third-order valence-corrected chi connectivity index (χ3v) is 3.52. The van der Waals surface area contributed by atoms with Gasteiger partial charge in [0.2, 0.25) is 0 Å². The van der Waals surface area contributed by atoms with Gasteiger partial charge in [-0.25, -0.2) is 0 Å². The molecule has 0 amide bonds. The SMILES string of the molecule is CN(CCc1ccccc1)CC1(CO)CC1. The Morgan fingerprint density at radius 3 is 2.50 bits per heavy atom. The van der Waals surface area contributed by atoms with Gasteiger partial charge in [0.25, 0.3) is 0 Å². The van der Waals surface area contributed by atoms with Crippen molar-refractivity contribution in [3.8, 4) is 0 Å². The first kappa shape index (κ1) is 11.6. The van der Waals surface area contributed by atoms with Gasteiger partial charge >= 0.3 is 0 Å². The number of nitrogens with zero attached hydrogens (tertiary/aromatic N) is 1. The zero-order valence-corrected chi connectivity index (χ0v) is 10.0. The van der Waals surface area contributed by atoms with E-state index < -0.39 is 0 Å². The molecular formula is C14H21NO. The van der Waals surface area contributed by atoms with E-state index >= 15 is 0 Å². The van der Waals surface area contributed by atoms with Gasteiger partial charge in [-0.1, -0.05) is 30.3 Å². The van der Waals surface area contributed by atoms with Crippen molar-refractivity contribution in [3.63, 3.8) is 0 Å². The highest BCUT2D eigenvalue weighted by Gasteiger charge is 2.42. The monoisotopic (exact) mass is 219 g/mol. The molecule has 0 aromatic heterocycles. The molecule has 1 aliphatic rings. The van der Waals surface area contributed by atoms with Crippen molar-refractivity contribution in [1.29, 1.82) is 0 Å². The number of hydrogen-bond donors (Lipinski definition) is 1. The number of aliphatic hydroxyl groups is 1. The molecule has 2 heteroatoms. The average molecular weight is 219 g/mol. The van der Waals surface area contributed by atoms with Gasteiger partial charge in [0.15, 0.2) is 0 Å². The minimum absolute atomic E-state index is 0.242. The van der Waals surface area contributed by atoms with Crippen LogP contribution in [-0.2, 0) is 6.42 Å². The second-order valence-electron chi connectivity index (χ2n) is 5.13. The maximum absolute atomic E-state index is 9.26. The predicted molar refractivity (Wildman–Crippen MR) is 66.4 cm³/mol. The molecule has 0 heterocycles. The number of hydrogen-bond acceptors (Lipinski definition) is 2. The number of aliphatic hydroxyl groups excluding tert-OH is 1. The highest BCUT2D eigenvalue weighted by molar-refractivity contribution is 5.14. The van der Waals surface area contributed by atoms with Crippen LogP contribution in [-0.4, -0.2) is 36.8 Å². The summed E-state index contributed by atoms with van der Waals surface area (Å²) < 4.78 is 0. The van der Waals surface area contributed by atoms with Crippen LogP contribution in [0.4, 0.5) is 0 Å². The largest absolute Gasteiger partial charge is 0.396 e. The first-order valence-electron chi connectivity index (χ1n) is 6.07. The van der Waals surface area contributed by atoms with Crippen LogP contribution in [0.3, 0.4) is 0 Å². The standard InChI is InChI=1S/C14H21NO/c1-15(11-14(12-16)8-9-14)10-7-13-5-3-2-4-6-13/h2-6,16H,7-12H2,1H3. The maximum atomic E-state index is 9.26. The molecule has 1 saturated carbocycles. The van der Waals surface area contributed by atoms with E-state index in [1.54, 1.807) is 0 Å². The highest BCUT2D eigenvalue weighted by atomic mass is 16.3. The molecule has 1 aliphatic carbocycles. The summed E-state index contributed by atoms with van der Waals surface area (Å²) in [6, 6.07) is 10.6. The topological polar surface area (TPSA) is 23.5 Å². The zero-order chi connectivity index (χ0) is 11.4. The van der Waals surface area contributed by atoms with Crippen LogP contribution in [0.2, 0.25) is 0 Å². The molecule has 0 radical (unpaired) electrons. The zero-order valence-electron chi connectivity index (χ0n) is 10.0. The summed E-state index contributed by atoms with van der Waals surface area (Å²) >= 11 is 0. The van der Waals surface area contributed by atoms with Crippen molar-refractivity contribution in [3.05, 3.63) is 35.9 Å². The quantitative estimate of drug-likeness (QED) is 0.790. The predicted octanol–water partition coefficient (Wildman–Crippen LogP) is 1.93. The van der Waals surface area contributed by atoms with Crippen LogP contribution in [0.25, 0.3) is 0 Å². The lowest BCUT2D eigenvalue weighted by Crippen LogP contribution is -2.30. The van der Waals surface area contributed by atoms with E-state index in [2.05, 4.69) is 42.3 Å². The number of likely N-dealkylation sites (N-methyl/N-ethyl adjacent to an activating group) is 1. The highest BCUT2D eigenvalue weighted by Crippen LogP contribution is 2.45. The minimum atomic E-state index is 0.242. The normalized spacial score (nSPS) is 17.7. The molecule has 88 valence electrons. The molecule has 0 aliphatic heterocycles. The van der Waals surface area contributed by atoms with E-state index in [4.69, 9.17) is 0 Å². The van der Waals surface area contributed by atoms with E-state index in [0.29, 0.717) is 6.61 Å². The van der Waals surface area contributed by atoms with Crippen molar-refractivity contribution in [1.82, 2.24) is 4.90 Å². The Balaban J connectivity index is 1.74. The summed E-state index contributed by atoms with van der Waals surface area (Å²) in [5.74, 6) is 0. The molecule has 0 unspecified atom stereocenters. The molecule has 1 N–H and O–H groups in total. The Kier molecular flexibility index (Phi) is 3.62. The van der Waals surface area contributed by atoms with Crippen LogP contribution in [0.15, 0.2) is 30.3 Å². The minimum Gasteiger partial charge on any atom is -0.396 e. The van der Waals surface area contributed by atoms with Crippen molar-refractivity contribution in [2.24, 2.45) is 5.41 Å². The van der Waals surface area contributed by atoms with E-state index in [9.17, 15) is 5.11 Å². The van der Waals surface area contributed by atoms with Crippen LogP contribution in [0.5, 0.6) is 0 Å². The van der Waals surface area contributed by atoms with Crippen molar-refractivity contribution >= 4 is 0 Å². The lowest BCUT2D eigenvalue weighted by molar-refractivity contribution is 0.165. The Bertz CT molecular complexity index is 319. The van der Waals surface area contributed by atoms with Gasteiger partial charge in [0.1, 0.15) is 0 Å². The molecule has 16 heavy (non-hydrogen) atoms. The molecular weight excluding hydrogens is 198 g/mol. The van der Waals surface area contributed by atoms with Gasteiger partial charge in [-0.05, 0) is 31.9 Å². The van der Waals surface area contributed by atoms with Crippen molar-refractivity contribution in [2.45, 2.75) is 19.3 Å². The maximum Gasteiger partial charge on any atom is 0.0499 e. The van der Waals surface area contributed by atoms with Gasteiger partial charge in [-0.15, -0.1) is 0 Å². The molecule has 1 aromatic carbocycles. The smallest absolute Gasteiger partial charge is 0.0499 e.